The molecule has 0 atom stereocenters. The smallest absolute Gasteiger partial charge is 0.291 e. The van der Waals surface area contributed by atoms with Crippen molar-refractivity contribution in [3.8, 4) is 28.8 Å². The van der Waals surface area contributed by atoms with Crippen molar-refractivity contribution >= 4 is 5.78 Å². The van der Waals surface area contributed by atoms with E-state index >= 15 is 0 Å². The van der Waals surface area contributed by atoms with Gasteiger partial charge in [-0.3, -0.25) is 0 Å². The maximum atomic E-state index is 5.35. The first kappa shape index (κ1) is 15.9. The topological polar surface area (TPSA) is 105 Å². The molecule has 0 bridgehead atoms. The summed E-state index contributed by atoms with van der Waals surface area (Å²) in [6.45, 7) is 3.83. The first-order valence-corrected chi connectivity index (χ1v) is 7.83. The van der Waals surface area contributed by atoms with Crippen LogP contribution in [0.2, 0.25) is 0 Å². The lowest BCUT2D eigenvalue weighted by Gasteiger charge is -2.08. The average molecular weight is 352 g/mol. The molecule has 10 nitrogen and oxygen atoms in total. The molecule has 0 amide bonds. The fourth-order valence-electron chi connectivity index (χ4n) is 2.70. The standard InChI is InChI=1S/C16H16N8O2/c1-9-7-10(2)23(21-9)16-20-19-15-18-17-14(24(15)22-16)11-5-6-12(25-3)13(8-11)26-4/h5-8H,1-4H3. The van der Waals surface area contributed by atoms with Crippen molar-refractivity contribution in [1.82, 2.24) is 39.8 Å². The molecule has 0 aliphatic rings. The third-order valence-corrected chi connectivity index (χ3v) is 3.88. The lowest BCUT2D eigenvalue weighted by Crippen LogP contribution is -2.10. The van der Waals surface area contributed by atoms with E-state index in [4.69, 9.17) is 9.47 Å². The van der Waals surface area contributed by atoms with Crippen LogP contribution >= 0.6 is 0 Å². The SMILES string of the molecule is COc1ccc(-c2nnc3nnc(-n4nc(C)cc4C)nn23)cc1OC. The monoisotopic (exact) mass is 352 g/mol. The summed E-state index contributed by atoms with van der Waals surface area (Å²) in [6, 6.07) is 7.39. The van der Waals surface area contributed by atoms with Gasteiger partial charge in [-0.25, -0.2) is 4.68 Å². The second kappa shape index (κ2) is 6.06. The molecule has 1 aromatic carbocycles. The second-order valence-corrected chi connectivity index (χ2v) is 5.64. The molecule has 0 unspecified atom stereocenters. The number of methoxy groups -OCH3 is 2. The molecule has 0 aliphatic heterocycles. The molecular formula is C16H16N8O2. The number of rotatable bonds is 4. The van der Waals surface area contributed by atoms with Crippen molar-refractivity contribution in [1.29, 1.82) is 0 Å². The Morgan fingerprint density at radius 1 is 0.846 bits per heavy atom. The maximum absolute atomic E-state index is 5.35. The van der Waals surface area contributed by atoms with Gasteiger partial charge in [-0.1, -0.05) is 0 Å². The summed E-state index contributed by atoms with van der Waals surface area (Å²) < 4.78 is 13.8. The molecule has 3 heterocycles. The highest BCUT2D eigenvalue weighted by Gasteiger charge is 2.16. The van der Waals surface area contributed by atoms with Crippen LogP contribution in [0.15, 0.2) is 24.3 Å². The summed E-state index contributed by atoms with van der Waals surface area (Å²) in [5.41, 5.74) is 2.54. The Balaban J connectivity index is 1.86. The van der Waals surface area contributed by atoms with E-state index in [1.807, 2.05) is 26.0 Å². The Labute approximate surface area is 148 Å². The Kier molecular flexibility index (Phi) is 3.72. The van der Waals surface area contributed by atoms with Gasteiger partial charge in [0.2, 0.25) is 0 Å². The average Bonchev–Trinajstić information content (AvgIpc) is 3.23. The highest BCUT2D eigenvalue weighted by molar-refractivity contribution is 5.62. The van der Waals surface area contributed by atoms with Crippen molar-refractivity contribution in [2.75, 3.05) is 14.2 Å². The van der Waals surface area contributed by atoms with Gasteiger partial charge >= 0.3 is 0 Å². The van der Waals surface area contributed by atoms with E-state index in [0.717, 1.165) is 17.0 Å². The van der Waals surface area contributed by atoms with Crippen molar-refractivity contribution in [2.45, 2.75) is 13.8 Å². The van der Waals surface area contributed by atoms with Gasteiger partial charge in [0.1, 0.15) is 0 Å². The van der Waals surface area contributed by atoms with E-state index in [-0.39, 0.29) is 0 Å². The van der Waals surface area contributed by atoms with Crippen LogP contribution in [-0.4, -0.2) is 54.0 Å². The number of benzene rings is 1. The van der Waals surface area contributed by atoms with Crippen LogP contribution in [0.25, 0.3) is 23.1 Å². The van der Waals surface area contributed by atoms with E-state index in [0.29, 0.717) is 29.0 Å². The molecule has 10 heteroatoms. The Hall–Kier alpha value is -3.56. The molecule has 0 fully saturated rings. The zero-order valence-electron chi connectivity index (χ0n) is 14.7. The van der Waals surface area contributed by atoms with Gasteiger partial charge in [0.15, 0.2) is 17.3 Å². The van der Waals surface area contributed by atoms with E-state index in [1.165, 1.54) is 4.52 Å². The van der Waals surface area contributed by atoms with Gasteiger partial charge in [0.05, 0.1) is 19.9 Å². The van der Waals surface area contributed by atoms with Crippen LogP contribution in [0.4, 0.5) is 0 Å². The minimum absolute atomic E-state index is 0.292. The first-order valence-electron chi connectivity index (χ1n) is 7.83. The Bertz CT molecular complexity index is 1100. The van der Waals surface area contributed by atoms with Gasteiger partial charge in [0.25, 0.3) is 11.7 Å². The third kappa shape index (κ3) is 2.51. The van der Waals surface area contributed by atoms with Gasteiger partial charge < -0.3 is 9.47 Å². The van der Waals surface area contributed by atoms with Crippen LogP contribution in [-0.2, 0) is 0 Å². The predicted molar refractivity (Wildman–Crippen MR) is 91.5 cm³/mol. The summed E-state index contributed by atoms with van der Waals surface area (Å²) in [6.07, 6.45) is 0. The van der Waals surface area contributed by atoms with Crippen LogP contribution in [0, 0.1) is 13.8 Å². The summed E-state index contributed by atoms with van der Waals surface area (Å²) in [5.74, 6) is 2.35. The van der Waals surface area contributed by atoms with Gasteiger partial charge in [-0.15, -0.1) is 25.5 Å². The molecule has 0 aliphatic carbocycles. The highest BCUT2D eigenvalue weighted by Crippen LogP contribution is 2.31. The molecule has 0 N–H and O–H groups in total. The number of aryl methyl sites for hydroxylation is 2. The second-order valence-electron chi connectivity index (χ2n) is 5.64. The number of hydrogen-bond acceptors (Lipinski definition) is 8. The van der Waals surface area contributed by atoms with E-state index in [9.17, 15) is 0 Å². The van der Waals surface area contributed by atoms with Crippen molar-refractivity contribution in [2.24, 2.45) is 0 Å². The maximum Gasteiger partial charge on any atom is 0.291 e. The molecule has 0 saturated heterocycles. The molecule has 4 rings (SSSR count). The molecular weight excluding hydrogens is 336 g/mol. The fourth-order valence-corrected chi connectivity index (χ4v) is 2.70. The summed E-state index contributed by atoms with van der Waals surface area (Å²) in [7, 11) is 3.16. The Morgan fingerprint density at radius 3 is 2.31 bits per heavy atom. The lowest BCUT2D eigenvalue weighted by atomic mass is 10.2. The summed E-state index contributed by atoms with van der Waals surface area (Å²) >= 11 is 0. The van der Waals surface area contributed by atoms with Gasteiger partial charge in [-0.05, 0) is 38.1 Å². The molecule has 4 aromatic rings. The largest absolute Gasteiger partial charge is 0.493 e. The van der Waals surface area contributed by atoms with Crippen LogP contribution in [0.1, 0.15) is 11.4 Å². The molecule has 0 saturated carbocycles. The minimum Gasteiger partial charge on any atom is -0.493 e. The zero-order chi connectivity index (χ0) is 18.3. The first-order chi connectivity index (χ1) is 12.6. The van der Waals surface area contributed by atoms with Gasteiger partial charge in [0, 0.05) is 11.3 Å². The van der Waals surface area contributed by atoms with E-state index < -0.39 is 0 Å². The normalized spacial score (nSPS) is 11.1. The number of ether oxygens (including phenoxy) is 2. The molecule has 132 valence electrons. The molecule has 26 heavy (non-hydrogen) atoms. The number of hydrogen-bond donors (Lipinski definition) is 0. The summed E-state index contributed by atoms with van der Waals surface area (Å²) in [5, 5.41) is 25.3. The van der Waals surface area contributed by atoms with Crippen LogP contribution < -0.4 is 9.47 Å². The zero-order valence-corrected chi connectivity index (χ0v) is 14.7. The highest BCUT2D eigenvalue weighted by atomic mass is 16.5. The number of nitrogens with zero attached hydrogens (tertiary/aromatic N) is 8. The predicted octanol–water partition coefficient (Wildman–Crippen LogP) is 1.40. The van der Waals surface area contributed by atoms with Crippen LogP contribution in [0.3, 0.4) is 0 Å². The van der Waals surface area contributed by atoms with Gasteiger partial charge in [-0.2, -0.15) is 9.61 Å². The van der Waals surface area contributed by atoms with E-state index in [1.54, 1.807) is 31.0 Å². The molecule has 3 aromatic heterocycles. The summed E-state index contributed by atoms with van der Waals surface area (Å²) in [4.78, 5) is 0. The Morgan fingerprint density at radius 2 is 1.62 bits per heavy atom. The van der Waals surface area contributed by atoms with Crippen molar-refractivity contribution < 1.29 is 9.47 Å². The molecule has 0 spiro atoms. The lowest BCUT2D eigenvalue weighted by molar-refractivity contribution is 0.355. The molecule has 0 radical (unpaired) electrons. The van der Waals surface area contributed by atoms with E-state index in [2.05, 4.69) is 30.6 Å². The number of aromatic nitrogens is 8. The third-order valence-electron chi connectivity index (χ3n) is 3.88. The fraction of sp³-hybridized carbons (Fsp3) is 0.250. The minimum atomic E-state index is 0.292. The number of fused-ring (bicyclic) bond motifs is 1. The van der Waals surface area contributed by atoms with Crippen LogP contribution in [0.5, 0.6) is 11.5 Å². The quantitative estimate of drug-likeness (QED) is 0.543. The van der Waals surface area contributed by atoms with Crippen molar-refractivity contribution in [3.05, 3.63) is 35.7 Å². The van der Waals surface area contributed by atoms with Crippen molar-refractivity contribution in [3.63, 3.8) is 0 Å².